The van der Waals surface area contributed by atoms with Crippen LogP contribution in [-0.2, 0) is 6.42 Å². The van der Waals surface area contributed by atoms with Gasteiger partial charge in [0.15, 0.2) is 0 Å². The van der Waals surface area contributed by atoms with Gasteiger partial charge in [-0.3, -0.25) is 0 Å². The quantitative estimate of drug-likeness (QED) is 0.809. The van der Waals surface area contributed by atoms with Crippen molar-refractivity contribution in [3.05, 3.63) is 70.5 Å². The van der Waals surface area contributed by atoms with Crippen LogP contribution in [0.2, 0.25) is 0 Å². The number of benzene rings is 2. The van der Waals surface area contributed by atoms with E-state index in [2.05, 4.69) is 49.5 Å². The van der Waals surface area contributed by atoms with Gasteiger partial charge < -0.3 is 5.32 Å². The van der Waals surface area contributed by atoms with Gasteiger partial charge in [-0.1, -0.05) is 42.8 Å². The van der Waals surface area contributed by atoms with Gasteiger partial charge in [0.2, 0.25) is 0 Å². The average molecular weight is 285 g/mol. The number of hydrogen-bond acceptors (Lipinski definition) is 1. The third-order valence-electron chi connectivity index (χ3n) is 3.76. The smallest absolute Gasteiger partial charge is 0.123 e. The predicted octanol–water partition coefficient (Wildman–Crippen LogP) is 4.73. The van der Waals surface area contributed by atoms with E-state index >= 15 is 0 Å². The van der Waals surface area contributed by atoms with Crippen LogP contribution in [0, 0.1) is 19.7 Å². The highest BCUT2D eigenvalue weighted by Crippen LogP contribution is 2.22. The molecular formula is C19H24FN. The van der Waals surface area contributed by atoms with E-state index in [4.69, 9.17) is 0 Å². The maximum Gasteiger partial charge on any atom is 0.123 e. The Morgan fingerprint density at radius 1 is 1.00 bits per heavy atom. The van der Waals surface area contributed by atoms with E-state index in [1.165, 1.54) is 11.1 Å². The summed E-state index contributed by atoms with van der Waals surface area (Å²) in [4.78, 5) is 0. The Morgan fingerprint density at radius 3 is 2.33 bits per heavy atom. The summed E-state index contributed by atoms with van der Waals surface area (Å²) in [6.07, 6.45) is 1.97. The van der Waals surface area contributed by atoms with Gasteiger partial charge in [-0.15, -0.1) is 0 Å². The van der Waals surface area contributed by atoms with Gasteiger partial charge in [0, 0.05) is 6.04 Å². The predicted molar refractivity (Wildman–Crippen MR) is 87.1 cm³/mol. The highest BCUT2D eigenvalue weighted by Gasteiger charge is 2.12. The normalized spacial score (nSPS) is 12.4. The SMILES string of the molecule is CCNC(CCc1ccc(C)cc1)c1cc(C)cc(F)c1. The standard InChI is InChI=1S/C19H24FN/c1-4-21-19(17-11-15(3)12-18(20)13-17)10-9-16-7-5-14(2)6-8-16/h5-8,11-13,19,21H,4,9-10H2,1-3H3. The van der Waals surface area contributed by atoms with Crippen LogP contribution in [0.4, 0.5) is 4.39 Å². The van der Waals surface area contributed by atoms with Crippen molar-refractivity contribution in [1.29, 1.82) is 0 Å². The van der Waals surface area contributed by atoms with Crippen molar-refractivity contribution in [2.75, 3.05) is 6.54 Å². The molecule has 1 N–H and O–H groups in total. The van der Waals surface area contributed by atoms with Crippen LogP contribution in [0.25, 0.3) is 0 Å². The summed E-state index contributed by atoms with van der Waals surface area (Å²) < 4.78 is 13.6. The number of aryl methyl sites for hydroxylation is 3. The second-order valence-corrected chi connectivity index (χ2v) is 5.70. The largest absolute Gasteiger partial charge is 0.310 e. The van der Waals surface area contributed by atoms with E-state index in [1.54, 1.807) is 12.1 Å². The molecule has 2 heteroatoms. The molecule has 0 aromatic heterocycles. The summed E-state index contributed by atoms with van der Waals surface area (Å²) in [7, 11) is 0. The molecule has 0 fully saturated rings. The van der Waals surface area contributed by atoms with Gasteiger partial charge in [-0.05, 0) is 62.1 Å². The highest BCUT2D eigenvalue weighted by atomic mass is 19.1. The maximum absolute atomic E-state index is 13.6. The van der Waals surface area contributed by atoms with Crippen LogP contribution >= 0.6 is 0 Å². The third-order valence-corrected chi connectivity index (χ3v) is 3.76. The molecule has 21 heavy (non-hydrogen) atoms. The van der Waals surface area contributed by atoms with Crippen LogP contribution in [0.15, 0.2) is 42.5 Å². The van der Waals surface area contributed by atoms with Crippen molar-refractivity contribution in [2.24, 2.45) is 0 Å². The van der Waals surface area contributed by atoms with Crippen LogP contribution in [0.3, 0.4) is 0 Å². The first kappa shape index (κ1) is 15.7. The summed E-state index contributed by atoms with van der Waals surface area (Å²) in [5.41, 5.74) is 4.63. The minimum atomic E-state index is -0.150. The van der Waals surface area contributed by atoms with Crippen LogP contribution in [0.5, 0.6) is 0 Å². The zero-order valence-electron chi connectivity index (χ0n) is 13.1. The first-order valence-corrected chi connectivity index (χ1v) is 7.64. The zero-order chi connectivity index (χ0) is 15.2. The first-order chi connectivity index (χ1) is 10.1. The summed E-state index contributed by atoms with van der Waals surface area (Å²) in [5, 5.41) is 3.47. The van der Waals surface area contributed by atoms with E-state index < -0.39 is 0 Å². The Bertz CT molecular complexity index is 554. The molecule has 0 amide bonds. The van der Waals surface area contributed by atoms with Gasteiger partial charge in [0.25, 0.3) is 0 Å². The van der Waals surface area contributed by atoms with Gasteiger partial charge >= 0.3 is 0 Å². The fourth-order valence-electron chi connectivity index (χ4n) is 2.66. The minimum absolute atomic E-state index is 0.150. The van der Waals surface area contributed by atoms with Gasteiger partial charge in [-0.25, -0.2) is 4.39 Å². The molecule has 1 unspecified atom stereocenters. The Labute approximate surface area is 127 Å². The molecule has 0 aliphatic carbocycles. The fourth-order valence-corrected chi connectivity index (χ4v) is 2.66. The number of rotatable bonds is 6. The van der Waals surface area contributed by atoms with E-state index in [9.17, 15) is 4.39 Å². The molecule has 0 heterocycles. The maximum atomic E-state index is 13.6. The molecule has 112 valence electrons. The molecule has 1 atom stereocenters. The molecule has 1 nitrogen and oxygen atoms in total. The summed E-state index contributed by atoms with van der Waals surface area (Å²) in [6.45, 7) is 7.01. The van der Waals surface area contributed by atoms with Gasteiger partial charge in [0.1, 0.15) is 5.82 Å². The Balaban J connectivity index is 2.09. The van der Waals surface area contributed by atoms with E-state index in [-0.39, 0.29) is 11.9 Å². The molecule has 0 radical (unpaired) electrons. The monoisotopic (exact) mass is 285 g/mol. The van der Waals surface area contributed by atoms with Crippen molar-refractivity contribution < 1.29 is 4.39 Å². The van der Waals surface area contributed by atoms with Crippen LogP contribution < -0.4 is 5.32 Å². The highest BCUT2D eigenvalue weighted by molar-refractivity contribution is 5.27. The van der Waals surface area contributed by atoms with Crippen molar-refractivity contribution in [1.82, 2.24) is 5.32 Å². The summed E-state index contributed by atoms with van der Waals surface area (Å²) in [5.74, 6) is -0.150. The Kier molecular flexibility index (Phi) is 5.51. The summed E-state index contributed by atoms with van der Waals surface area (Å²) in [6, 6.07) is 14.1. The lowest BCUT2D eigenvalue weighted by Crippen LogP contribution is -2.21. The average Bonchev–Trinajstić information content (AvgIpc) is 2.44. The Hall–Kier alpha value is -1.67. The molecule has 0 aliphatic heterocycles. The lowest BCUT2D eigenvalue weighted by atomic mass is 9.97. The van der Waals surface area contributed by atoms with Crippen molar-refractivity contribution in [2.45, 2.75) is 39.7 Å². The van der Waals surface area contributed by atoms with Crippen molar-refractivity contribution >= 4 is 0 Å². The lowest BCUT2D eigenvalue weighted by molar-refractivity contribution is 0.510. The number of hydrogen-bond donors (Lipinski definition) is 1. The molecule has 0 spiro atoms. The molecule has 0 saturated carbocycles. The Morgan fingerprint density at radius 2 is 1.71 bits per heavy atom. The molecule has 2 aromatic carbocycles. The van der Waals surface area contributed by atoms with Crippen LogP contribution in [-0.4, -0.2) is 6.54 Å². The van der Waals surface area contributed by atoms with Crippen molar-refractivity contribution in [3.8, 4) is 0 Å². The molecular weight excluding hydrogens is 261 g/mol. The van der Waals surface area contributed by atoms with E-state index in [1.807, 2.05) is 6.92 Å². The molecule has 0 aliphatic rings. The van der Waals surface area contributed by atoms with Crippen LogP contribution in [0.1, 0.15) is 41.6 Å². The van der Waals surface area contributed by atoms with Gasteiger partial charge in [-0.2, -0.15) is 0 Å². The van der Waals surface area contributed by atoms with Gasteiger partial charge in [0.05, 0.1) is 0 Å². The van der Waals surface area contributed by atoms with E-state index in [0.29, 0.717) is 0 Å². The van der Waals surface area contributed by atoms with Crippen molar-refractivity contribution in [3.63, 3.8) is 0 Å². The number of halogens is 1. The fraction of sp³-hybridized carbons (Fsp3) is 0.368. The second-order valence-electron chi connectivity index (χ2n) is 5.70. The topological polar surface area (TPSA) is 12.0 Å². The summed E-state index contributed by atoms with van der Waals surface area (Å²) >= 11 is 0. The molecule has 2 rings (SSSR count). The van der Waals surface area contributed by atoms with E-state index in [0.717, 1.165) is 30.5 Å². The zero-order valence-corrected chi connectivity index (χ0v) is 13.1. The third kappa shape index (κ3) is 4.68. The molecule has 2 aromatic rings. The minimum Gasteiger partial charge on any atom is -0.310 e. The molecule has 0 bridgehead atoms. The molecule has 0 saturated heterocycles. The lowest BCUT2D eigenvalue weighted by Gasteiger charge is -2.19. The first-order valence-electron chi connectivity index (χ1n) is 7.64. The second kappa shape index (κ2) is 7.37. The number of nitrogens with one attached hydrogen (secondary N) is 1.